The van der Waals surface area contributed by atoms with Gasteiger partial charge in [0.1, 0.15) is 0 Å². The van der Waals surface area contributed by atoms with E-state index in [1.165, 1.54) is 11.0 Å². The van der Waals surface area contributed by atoms with E-state index in [1.807, 2.05) is 30.3 Å². The van der Waals surface area contributed by atoms with Gasteiger partial charge in [0.2, 0.25) is 0 Å². The van der Waals surface area contributed by atoms with E-state index in [4.69, 9.17) is 5.11 Å². The SMILES string of the molecule is CC(O)CCCNC(=O)c1cnn(-c2ccccc2)n1. The Morgan fingerprint density at radius 1 is 1.40 bits per heavy atom. The van der Waals surface area contributed by atoms with E-state index in [9.17, 15) is 4.79 Å². The zero-order valence-corrected chi connectivity index (χ0v) is 11.4. The Hall–Kier alpha value is -2.21. The molecule has 6 nitrogen and oxygen atoms in total. The predicted octanol–water partition coefficient (Wildman–Crippen LogP) is 1.16. The van der Waals surface area contributed by atoms with Gasteiger partial charge in [0, 0.05) is 6.54 Å². The fraction of sp³-hybridized carbons (Fsp3) is 0.357. The Balaban J connectivity index is 1.90. The fourth-order valence-corrected chi connectivity index (χ4v) is 1.74. The molecule has 20 heavy (non-hydrogen) atoms. The van der Waals surface area contributed by atoms with Crippen molar-refractivity contribution in [2.45, 2.75) is 25.9 Å². The van der Waals surface area contributed by atoms with Gasteiger partial charge in [0.25, 0.3) is 5.91 Å². The number of hydrogen-bond donors (Lipinski definition) is 2. The average molecular weight is 274 g/mol. The van der Waals surface area contributed by atoms with Crippen molar-refractivity contribution in [1.82, 2.24) is 20.3 Å². The highest BCUT2D eigenvalue weighted by Crippen LogP contribution is 2.04. The number of aliphatic hydroxyl groups excluding tert-OH is 1. The largest absolute Gasteiger partial charge is 0.393 e. The first-order valence-electron chi connectivity index (χ1n) is 6.61. The van der Waals surface area contributed by atoms with E-state index in [0.29, 0.717) is 13.0 Å². The average Bonchev–Trinajstić information content (AvgIpc) is 2.94. The van der Waals surface area contributed by atoms with Gasteiger partial charge in [-0.15, -0.1) is 5.10 Å². The first kappa shape index (κ1) is 14.2. The molecule has 2 N–H and O–H groups in total. The minimum atomic E-state index is -0.342. The summed E-state index contributed by atoms with van der Waals surface area (Å²) in [7, 11) is 0. The Morgan fingerprint density at radius 2 is 2.15 bits per heavy atom. The van der Waals surface area contributed by atoms with Crippen LogP contribution in [0.15, 0.2) is 36.5 Å². The molecule has 1 aromatic heterocycles. The molecule has 0 saturated heterocycles. The zero-order chi connectivity index (χ0) is 14.4. The third-order valence-electron chi connectivity index (χ3n) is 2.80. The molecular formula is C14H18N4O2. The summed E-state index contributed by atoms with van der Waals surface area (Å²) in [5, 5.41) is 20.1. The van der Waals surface area contributed by atoms with E-state index in [1.54, 1.807) is 6.92 Å². The van der Waals surface area contributed by atoms with Crippen LogP contribution in [0, 0.1) is 0 Å². The lowest BCUT2D eigenvalue weighted by Crippen LogP contribution is -2.25. The second-order valence-electron chi connectivity index (χ2n) is 4.60. The summed E-state index contributed by atoms with van der Waals surface area (Å²) in [5.74, 6) is -0.252. The maximum absolute atomic E-state index is 11.8. The van der Waals surface area contributed by atoms with Crippen LogP contribution >= 0.6 is 0 Å². The number of nitrogens with one attached hydrogen (secondary N) is 1. The third kappa shape index (κ3) is 3.89. The molecule has 0 spiro atoms. The highest BCUT2D eigenvalue weighted by atomic mass is 16.3. The minimum absolute atomic E-state index is 0.252. The number of aliphatic hydroxyl groups is 1. The van der Waals surface area contributed by atoms with Crippen LogP contribution in [0.2, 0.25) is 0 Å². The van der Waals surface area contributed by atoms with E-state index >= 15 is 0 Å². The number of rotatable bonds is 6. The van der Waals surface area contributed by atoms with Gasteiger partial charge in [-0.3, -0.25) is 4.79 Å². The highest BCUT2D eigenvalue weighted by molar-refractivity contribution is 5.91. The van der Waals surface area contributed by atoms with Crippen molar-refractivity contribution in [3.8, 4) is 5.69 Å². The molecule has 2 aromatic rings. The number of hydrogen-bond acceptors (Lipinski definition) is 4. The van der Waals surface area contributed by atoms with Crippen LogP contribution < -0.4 is 5.32 Å². The molecule has 2 rings (SSSR count). The predicted molar refractivity (Wildman–Crippen MR) is 74.6 cm³/mol. The zero-order valence-electron chi connectivity index (χ0n) is 11.4. The van der Waals surface area contributed by atoms with E-state index in [2.05, 4.69) is 15.5 Å². The molecule has 1 aromatic carbocycles. The van der Waals surface area contributed by atoms with Gasteiger partial charge < -0.3 is 10.4 Å². The summed E-state index contributed by atoms with van der Waals surface area (Å²) in [5.41, 5.74) is 1.09. The van der Waals surface area contributed by atoms with Crippen molar-refractivity contribution in [3.63, 3.8) is 0 Å². The molecule has 0 radical (unpaired) electrons. The quantitative estimate of drug-likeness (QED) is 0.775. The molecule has 0 saturated carbocycles. The lowest BCUT2D eigenvalue weighted by atomic mass is 10.2. The standard InChI is InChI=1S/C14H18N4O2/c1-11(19)6-5-9-15-14(20)13-10-16-18(17-13)12-7-3-2-4-8-12/h2-4,7-8,10-11,19H,5-6,9H2,1H3,(H,15,20). The van der Waals surface area contributed by atoms with Crippen LogP contribution in [0.25, 0.3) is 5.69 Å². The summed E-state index contributed by atoms with van der Waals surface area (Å²) in [4.78, 5) is 13.3. The minimum Gasteiger partial charge on any atom is -0.393 e. The van der Waals surface area contributed by atoms with Gasteiger partial charge in [-0.2, -0.15) is 9.90 Å². The van der Waals surface area contributed by atoms with Gasteiger partial charge in [-0.1, -0.05) is 18.2 Å². The van der Waals surface area contributed by atoms with Crippen molar-refractivity contribution >= 4 is 5.91 Å². The summed E-state index contributed by atoms with van der Waals surface area (Å²) >= 11 is 0. The molecule has 0 fully saturated rings. The normalized spacial score (nSPS) is 12.1. The smallest absolute Gasteiger partial charge is 0.273 e. The summed E-state index contributed by atoms with van der Waals surface area (Å²) in [6.07, 6.45) is 2.50. The van der Waals surface area contributed by atoms with Crippen molar-refractivity contribution in [3.05, 3.63) is 42.2 Å². The van der Waals surface area contributed by atoms with Crippen LogP contribution in [0.1, 0.15) is 30.3 Å². The molecule has 1 heterocycles. The van der Waals surface area contributed by atoms with Crippen molar-refractivity contribution in [1.29, 1.82) is 0 Å². The van der Waals surface area contributed by atoms with Crippen LogP contribution in [0.5, 0.6) is 0 Å². The Morgan fingerprint density at radius 3 is 2.85 bits per heavy atom. The van der Waals surface area contributed by atoms with Gasteiger partial charge >= 0.3 is 0 Å². The second-order valence-corrected chi connectivity index (χ2v) is 4.60. The molecule has 6 heteroatoms. The lowest BCUT2D eigenvalue weighted by molar-refractivity contribution is 0.0944. The van der Waals surface area contributed by atoms with E-state index < -0.39 is 0 Å². The highest BCUT2D eigenvalue weighted by Gasteiger charge is 2.10. The number of nitrogens with zero attached hydrogens (tertiary/aromatic N) is 3. The lowest BCUT2D eigenvalue weighted by Gasteiger charge is -2.04. The van der Waals surface area contributed by atoms with Gasteiger partial charge in [0.15, 0.2) is 5.69 Å². The second kappa shape index (κ2) is 6.81. The Kier molecular flexibility index (Phi) is 4.84. The van der Waals surface area contributed by atoms with Crippen LogP contribution in [0.4, 0.5) is 0 Å². The van der Waals surface area contributed by atoms with Crippen LogP contribution in [-0.4, -0.2) is 38.7 Å². The van der Waals surface area contributed by atoms with Gasteiger partial charge in [-0.05, 0) is 31.9 Å². The molecule has 1 atom stereocenters. The fourth-order valence-electron chi connectivity index (χ4n) is 1.74. The first-order valence-corrected chi connectivity index (χ1v) is 6.61. The van der Waals surface area contributed by atoms with E-state index in [-0.39, 0.29) is 17.7 Å². The number of carbonyl (C=O) groups is 1. The first-order chi connectivity index (χ1) is 9.66. The third-order valence-corrected chi connectivity index (χ3v) is 2.80. The number of para-hydroxylation sites is 1. The number of aromatic nitrogens is 3. The maximum atomic E-state index is 11.8. The Bertz CT molecular complexity index is 551. The van der Waals surface area contributed by atoms with Crippen molar-refractivity contribution in [2.75, 3.05) is 6.54 Å². The van der Waals surface area contributed by atoms with Crippen molar-refractivity contribution in [2.24, 2.45) is 0 Å². The van der Waals surface area contributed by atoms with Crippen molar-refractivity contribution < 1.29 is 9.90 Å². The molecule has 1 amide bonds. The summed E-state index contributed by atoms with van der Waals surface area (Å²) < 4.78 is 0. The molecular weight excluding hydrogens is 256 g/mol. The summed E-state index contributed by atoms with van der Waals surface area (Å²) in [6, 6.07) is 9.40. The molecule has 106 valence electrons. The van der Waals surface area contributed by atoms with E-state index in [0.717, 1.165) is 12.1 Å². The summed E-state index contributed by atoms with van der Waals surface area (Å²) in [6.45, 7) is 2.25. The molecule has 0 aliphatic carbocycles. The van der Waals surface area contributed by atoms with Crippen LogP contribution in [0.3, 0.4) is 0 Å². The topological polar surface area (TPSA) is 80.0 Å². The molecule has 1 unspecified atom stereocenters. The van der Waals surface area contributed by atoms with Gasteiger partial charge in [-0.25, -0.2) is 0 Å². The monoisotopic (exact) mass is 274 g/mol. The molecule has 0 aliphatic rings. The molecule has 0 aliphatic heterocycles. The number of benzene rings is 1. The molecule has 0 bridgehead atoms. The maximum Gasteiger partial charge on any atom is 0.273 e. The Labute approximate surface area is 117 Å². The number of amides is 1. The van der Waals surface area contributed by atoms with Crippen LogP contribution in [-0.2, 0) is 0 Å². The van der Waals surface area contributed by atoms with Gasteiger partial charge in [0.05, 0.1) is 18.0 Å². The number of carbonyl (C=O) groups excluding carboxylic acids is 1.